The van der Waals surface area contributed by atoms with Crippen LogP contribution in [0.25, 0.3) is 0 Å². The Morgan fingerprint density at radius 1 is 0.438 bits per heavy atom. The molecule has 0 aliphatic rings. The van der Waals surface area contributed by atoms with Crippen molar-refractivity contribution in [2.24, 2.45) is 0 Å². The Hall–Kier alpha value is -4.63. The maximum absolute atomic E-state index is 13.1. The summed E-state index contributed by atoms with van der Waals surface area (Å²) in [6.07, 6.45) is 0. The lowest BCUT2D eigenvalue weighted by atomic mass is 9.73. The summed E-state index contributed by atoms with van der Waals surface area (Å²) in [4.78, 5) is 13.1. The van der Waals surface area contributed by atoms with Gasteiger partial charge in [0.1, 0.15) is 22.8 Å². The molecule has 0 fully saturated rings. The van der Waals surface area contributed by atoms with Gasteiger partial charge in [0, 0.05) is 22.0 Å². The summed E-state index contributed by atoms with van der Waals surface area (Å²) in [7, 11) is 0. The van der Waals surface area contributed by atoms with Gasteiger partial charge in [-0.2, -0.15) is 0 Å². The largest absolute Gasteiger partial charge is 0.488 e. The van der Waals surface area contributed by atoms with Gasteiger partial charge in [0.05, 0.1) is 0 Å². The second-order valence-corrected chi connectivity index (χ2v) is 15.9. The van der Waals surface area contributed by atoms with E-state index in [1.807, 2.05) is 60.7 Å². The highest BCUT2D eigenvalue weighted by atomic mass is 16.5. The molecule has 0 heterocycles. The first kappa shape index (κ1) is 34.7. The smallest absolute Gasteiger partial charge is 0.193 e. The quantitative estimate of drug-likeness (QED) is 0.151. The molecule has 0 aliphatic carbocycles. The zero-order chi connectivity index (χ0) is 34.9. The molecule has 0 bridgehead atoms. The van der Waals surface area contributed by atoms with Gasteiger partial charge in [0.2, 0.25) is 0 Å². The maximum Gasteiger partial charge on any atom is 0.193 e. The Morgan fingerprint density at radius 2 is 0.812 bits per heavy atom. The molecule has 0 unspecified atom stereocenters. The number of rotatable bonds is 9. The van der Waals surface area contributed by atoms with Gasteiger partial charge in [-0.25, -0.2) is 0 Å². The van der Waals surface area contributed by atoms with E-state index in [0.717, 1.165) is 11.5 Å². The number of ketones is 1. The van der Waals surface area contributed by atoms with Gasteiger partial charge >= 0.3 is 0 Å². The monoisotopic (exact) mass is 638 g/mol. The fourth-order valence-corrected chi connectivity index (χ4v) is 5.96. The van der Waals surface area contributed by atoms with Crippen molar-refractivity contribution in [3.8, 4) is 17.2 Å². The summed E-state index contributed by atoms with van der Waals surface area (Å²) in [6.45, 7) is 21.8. The van der Waals surface area contributed by atoms with Crippen molar-refractivity contribution in [3.63, 3.8) is 0 Å². The fraction of sp³-hybridized carbons (Fsp3) is 0.311. The van der Waals surface area contributed by atoms with Crippen LogP contribution < -0.4 is 9.47 Å². The molecule has 5 rings (SSSR count). The number of carbonyl (C=O) groups is 1. The van der Waals surface area contributed by atoms with E-state index in [0.29, 0.717) is 16.9 Å². The van der Waals surface area contributed by atoms with Crippen molar-refractivity contribution in [1.82, 2.24) is 0 Å². The number of carbonyl (C=O) groups excluding carboxylic acids is 1. The van der Waals surface area contributed by atoms with Gasteiger partial charge in [0.25, 0.3) is 0 Å². The van der Waals surface area contributed by atoms with Crippen LogP contribution in [0.5, 0.6) is 17.2 Å². The molecule has 0 atom stereocenters. The summed E-state index contributed by atoms with van der Waals surface area (Å²) in [5, 5.41) is 0. The van der Waals surface area contributed by atoms with E-state index in [-0.39, 0.29) is 27.6 Å². The van der Waals surface area contributed by atoms with Crippen LogP contribution in [-0.2, 0) is 16.2 Å². The summed E-state index contributed by atoms with van der Waals surface area (Å²) < 4.78 is 12.2. The van der Waals surface area contributed by atoms with Crippen LogP contribution in [0.15, 0.2) is 121 Å². The zero-order valence-electron chi connectivity index (χ0n) is 30.3. The van der Waals surface area contributed by atoms with Crippen molar-refractivity contribution < 1.29 is 14.3 Å². The van der Waals surface area contributed by atoms with Crippen LogP contribution >= 0.6 is 0 Å². The molecule has 0 saturated carbocycles. The van der Waals surface area contributed by atoms with E-state index in [4.69, 9.17) is 9.47 Å². The van der Waals surface area contributed by atoms with Crippen LogP contribution in [-0.4, -0.2) is 11.4 Å². The summed E-state index contributed by atoms with van der Waals surface area (Å²) in [6, 6.07) is 41.0. The molecule has 248 valence electrons. The molecule has 0 aromatic heterocycles. The predicted molar refractivity (Wildman–Crippen MR) is 199 cm³/mol. The number of benzene rings is 5. The Bertz CT molecular complexity index is 1840. The SMILES string of the molecule is CC(C)(C)Oc1ccc(C(C)(C)c2cccc(C(C)(C)c3ccc(Oc4ccc(C(=O)c5ccc(C(C)(C)C)cc5)cc4)cc3)c2)cc1. The van der Waals surface area contributed by atoms with Gasteiger partial charge in [-0.1, -0.05) is 121 Å². The topological polar surface area (TPSA) is 35.5 Å². The number of hydrogen-bond donors (Lipinski definition) is 0. The number of ether oxygens (including phenoxy) is 2. The third kappa shape index (κ3) is 7.90. The van der Waals surface area contributed by atoms with E-state index in [9.17, 15) is 4.79 Å². The average Bonchev–Trinajstić information content (AvgIpc) is 3.04. The average molecular weight is 639 g/mol. The normalized spacial score (nSPS) is 12.5. The minimum absolute atomic E-state index is 0.00431. The zero-order valence-corrected chi connectivity index (χ0v) is 30.3. The molecule has 5 aromatic carbocycles. The fourth-order valence-electron chi connectivity index (χ4n) is 5.96. The predicted octanol–water partition coefficient (Wildman–Crippen LogP) is 11.8. The molecule has 0 aliphatic heterocycles. The first-order valence-electron chi connectivity index (χ1n) is 16.9. The summed E-state index contributed by atoms with van der Waals surface area (Å²) in [5.41, 5.74) is 6.91. The minimum Gasteiger partial charge on any atom is -0.488 e. The van der Waals surface area contributed by atoms with Gasteiger partial charge in [0.15, 0.2) is 5.78 Å². The summed E-state index contributed by atoms with van der Waals surface area (Å²) >= 11 is 0. The highest BCUT2D eigenvalue weighted by Gasteiger charge is 2.28. The van der Waals surface area contributed by atoms with Crippen molar-refractivity contribution >= 4 is 5.78 Å². The Balaban J connectivity index is 1.27. The molecule has 0 spiro atoms. The van der Waals surface area contributed by atoms with E-state index < -0.39 is 0 Å². The maximum atomic E-state index is 13.1. The van der Waals surface area contributed by atoms with E-state index in [1.54, 1.807) is 0 Å². The van der Waals surface area contributed by atoms with E-state index >= 15 is 0 Å². The Kier molecular flexibility index (Phi) is 9.48. The Morgan fingerprint density at radius 3 is 1.23 bits per heavy atom. The molecule has 48 heavy (non-hydrogen) atoms. The van der Waals surface area contributed by atoms with Crippen LogP contribution in [0, 0.1) is 0 Å². The van der Waals surface area contributed by atoms with Crippen LogP contribution in [0.2, 0.25) is 0 Å². The summed E-state index contributed by atoms with van der Waals surface area (Å²) in [5.74, 6) is 2.33. The molecule has 3 heteroatoms. The van der Waals surface area contributed by atoms with E-state index in [1.165, 1.54) is 27.8 Å². The van der Waals surface area contributed by atoms with Gasteiger partial charge in [-0.15, -0.1) is 0 Å². The molecule has 3 nitrogen and oxygen atoms in total. The highest BCUT2D eigenvalue weighted by Crippen LogP contribution is 2.38. The number of hydrogen-bond acceptors (Lipinski definition) is 3. The second kappa shape index (κ2) is 13.1. The lowest BCUT2D eigenvalue weighted by Crippen LogP contribution is -2.24. The lowest BCUT2D eigenvalue weighted by molar-refractivity contribution is 0.103. The lowest BCUT2D eigenvalue weighted by Gasteiger charge is -2.31. The molecule has 0 N–H and O–H groups in total. The first-order chi connectivity index (χ1) is 22.4. The Labute approximate surface area is 288 Å². The molecular weight excluding hydrogens is 588 g/mol. The van der Waals surface area contributed by atoms with Crippen molar-refractivity contribution in [1.29, 1.82) is 0 Å². The van der Waals surface area contributed by atoms with Crippen LogP contribution in [0.4, 0.5) is 0 Å². The van der Waals surface area contributed by atoms with Crippen LogP contribution in [0.3, 0.4) is 0 Å². The third-order valence-corrected chi connectivity index (χ3v) is 9.25. The van der Waals surface area contributed by atoms with Crippen molar-refractivity contribution in [3.05, 3.63) is 160 Å². The van der Waals surface area contributed by atoms with Gasteiger partial charge in [-0.3, -0.25) is 4.79 Å². The minimum atomic E-state index is -0.228. The first-order valence-corrected chi connectivity index (χ1v) is 16.9. The van der Waals surface area contributed by atoms with Crippen LogP contribution in [0.1, 0.15) is 113 Å². The molecule has 0 saturated heterocycles. The molecule has 0 amide bonds. The standard InChI is InChI=1S/C45H50O3/c1-42(2,3)33-18-14-31(15-19-33)41(46)32-16-24-38(25-17-32)47-39-26-20-34(21-27-39)44(7,8)36-12-11-13-37(30-36)45(9,10)35-22-28-40(29-23-35)48-43(4,5)6/h11-30H,1-10H3. The molecule has 5 aromatic rings. The van der Waals surface area contributed by atoms with Gasteiger partial charge in [-0.05, 0) is 103 Å². The molecule has 0 radical (unpaired) electrons. The second-order valence-electron chi connectivity index (χ2n) is 15.9. The van der Waals surface area contributed by atoms with Gasteiger partial charge < -0.3 is 9.47 Å². The van der Waals surface area contributed by atoms with E-state index in [2.05, 4.69) is 130 Å². The van der Waals surface area contributed by atoms with Crippen molar-refractivity contribution in [2.75, 3.05) is 0 Å². The van der Waals surface area contributed by atoms with Crippen molar-refractivity contribution in [2.45, 2.75) is 91.1 Å². The molecular formula is C45H50O3. The third-order valence-electron chi connectivity index (χ3n) is 9.25. The highest BCUT2D eigenvalue weighted by molar-refractivity contribution is 6.09.